The summed E-state index contributed by atoms with van der Waals surface area (Å²) in [6.45, 7) is 2.49. The summed E-state index contributed by atoms with van der Waals surface area (Å²) in [5.74, 6) is 0.269. The van der Waals surface area contributed by atoms with Crippen LogP contribution in [0.1, 0.15) is 54.4 Å². The quantitative estimate of drug-likeness (QED) is 0.654. The average molecular weight is 245 g/mol. The molecule has 0 bridgehead atoms. The molecule has 0 saturated heterocycles. The van der Waals surface area contributed by atoms with Crippen molar-refractivity contribution < 1.29 is 4.79 Å². The van der Waals surface area contributed by atoms with Crippen LogP contribution in [-0.4, -0.2) is 12.3 Å². The van der Waals surface area contributed by atoms with Gasteiger partial charge in [-0.2, -0.15) is 0 Å². The molecule has 2 heteroatoms. The third-order valence-electron chi connectivity index (χ3n) is 4.32. The molecule has 18 heavy (non-hydrogen) atoms. The van der Waals surface area contributed by atoms with E-state index < -0.39 is 0 Å². The molecule has 98 valence electrons. The fourth-order valence-corrected chi connectivity index (χ4v) is 3.04. The number of carbonyl (C=O) groups is 1. The lowest BCUT2D eigenvalue weighted by molar-refractivity contribution is 0.0773. The van der Waals surface area contributed by atoms with Gasteiger partial charge in [-0.05, 0) is 25.3 Å². The standard InChI is InChI=1S/C16H23NO/c1-13-8-4-5-9-14(13)15(18)16(12-17)10-6-2-3-7-11-16/h4-5,8-9H,2-3,6-7,10-12,17H2,1H3. The molecule has 0 unspecified atom stereocenters. The second-order valence-corrected chi connectivity index (χ2v) is 5.54. The van der Waals surface area contributed by atoms with Crippen molar-refractivity contribution in [3.05, 3.63) is 35.4 Å². The van der Waals surface area contributed by atoms with Gasteiger partial charge in [-0.3, -0.25) is 4.79 Å². The van der Waals surface area contributed by atoms with Gasteiger partial charge in [0, 0.05) is 17.5 Å². The van der Waals surface area contributed by atoms with Crippen LogP contribution in [-0.2, 0) is 0 Å². The number of rotatable bonds is 3. The van der Waals surface area contributed by atoms with Crippen LogP contribution >= 0.6 is 0 Å². The second kappa shape index (κ2) is 5.66. The van der Waals surface area contributed by atoms with Crippen molar-refractivity contribution >= 4 is 5.78 Å². The van der Waals surface area contributed by atoms with E-state index in [1.54, 1.807) is 0 Å². The number of nitrogens with two attached hydrogens (primary N) is 1. The summed E-state index contributed by atoms with van der Waals surface area (Å²) in [5, 5.41) is 0. The molecular weight excluding hydrogens is 222 g/mol. The van der Waals surface area contributed by atoms with Crippen LogP contribution in [0.4, 0.5) is 0 Å². The Morgan fingerprint density at radius 2 is 1.78 bits per heavy atom. The molecule has 0 heterocycles. The fraction of sp³-hybridized carbons (Fsp3) is 0.562. The molecule has 2 N–H and O–H groups in total. The Morgan fingerprint density at radius 3 is 2.33 bits per heavy atom. The summed E-state index contributed by atoms with van der Waals surface area (Å²) >= 11 is 0. The molecule has 1 fully saturated rings. The molecule has 0 atom stereocenters. The Morgan fingerprint density at radius 1 is 1.17 bits per heavy atom. The van der Waals surface area contributed by atoms with Crippen molar-refractivity contribution in [2.75, 3.05) is 6.54 Å². The minimum Gasteiger partial charge on any atom is -0.329 e. The van der Waals surface area contributed by atoms with Gasteiger partial charge in [-0.25, -0.2) is 0 Å². The van der Waals surface area contributed by atoms with Gasteiger partial charge < -0.3 is 5.73 Å². The maximum atomic E-state index is 12.8. The van der Waals surface area contributed by atoms with E-state index in [0.717, 1.165) is 36.8 Å². The third-order valence-corrected chi connectivity index (χ3v) is 4.32. The summed E-state index contributed by atoms with van der Waals surface area (Å²) in [6.07, 6.45) is 6.66. The molecule has 1 saturated carbocycles. The molecular formula is C16H23NO. The monoisotopic (exact) mass is 245 g/mol. The molecule has 2 rings (SSSR count). The van der Waals surface area contributed by atoms with Crippen LogP contribution < -0.4 is 5.73 Å². The Balaban J connectivity index is 2.32. The maximum absolute atomic E-state index is 12.8. The molecule has 0 amide bonds. The van der Waals surface area contributed by atoms with Gasteiger partial charge in [0.2, 0.25) is 0 Å². The van der Waals surface area contributed by atoms with Crippen LogP contribution in [0.25, 0.3) is 0 Å². The molecule has 2 nitrogen and oxygen atoms in total. The first-order chi connectivity index (χ1) is 8.69. The molecule has 1 aliphatic carbocycles. The summed E-state index contributed by atoms with van der Waals surface area (Å²) in [7, 11) is 0. The molecule has 0 aliphatic heterocycles. The van der Waals surface area contributed by atoms with Crippen LogP contribution in [0.5, 0.6) is 0 Å². The molecule has 0 spiro atoms. The predicted octanol–water partition coefficient (Wildman–Crippen LogP) is 3.48. The highest BCUT2D eigenvalue weighted by molar-refractivity contribution is 6.01. The number of ketones is 1. The fourth-order valence-electron chi connectivity index (χ4n) is 3.04. The summed E-state index contributed by atoms with van der Waals surface area (Å²) < 4.78 is 0. The summed E-state index contributed by atoms with van der Waals surface area (Å²) in [6, 6.07) is 7.88. The Bertz CT molecular complexity index is 417. The Hall–Kier alpha value is -1.15. The van der Waals surface area contributed by atoms with Gasteiger partial charge in [0.05, 0.1) is 0 Å². The smallest absolute Gasteiger partial charge is 0.170 e. The highest BCUT2D eigenvalue weighted by atomic mass is 16.1. The normalized spacial score (nSPS) is 19.2. The number of aryl methyl sites for hydroxylation is 1. The molecule has 0 aromatic heterocycles. The van der Waals surface area contributed by atoms with E-state index in [4.69, 9.17) is 5.73 Å². The van der Waals surface area contributed by atoms with Crippen molar-refractivity contribution in [1.82, 2.24) is 0 Å². The molecule has 1 aliphatic rings. The van der Waals surface area contributed by atoms with E-state index in [0.29, 0.717) is 6.54 Å². The van der Waals surface area contributed by atoms with Gasteiger partial charge >= 0.3 is 0 Å². The van der Waals surface area contributed by atoms with Crippen LogP contribution in [0.15, 0.2) is 24.3 Å². The lowest BCUT2D eigenvalue weighted by atomic mass is 9.73. The number of carbonyl (C=O) groups excluding carboxylic acids is 1. The van der Waals surface area contributed by atoms with E-state index in [1.165, 1.54) is 12.8 Å². The van der Waals surface area contributed by atoms with Crippen molar-refractivity contribution in [3.63, 3.8) is 0 Å². The van der Waals surface area contributed by atoms with Gasteiger partial charge in [-0.15, -0.1) is 0 Å². The molecule has 1 aromatic rings. The highest BCUT2D eigenvalue weighted by Crippen LogP contribution is 2.37. The zero-order valence-corrected chi connectivity index (χ0v) is 11.2. The van der Waals surface area contributed by atoms with Crippen LogP contribution in [0.3, 0.4) is 0 Å². The van der Waals surface area contributed by atoms with Gasteiger partial charge in [0.15, 0.2) is 5.78 Å². The number of benzene rings is 1. The topological polar surface area (TPSA) is 43.1 Å². The number of Topliss-reactive ketones (excluding diaryl/α,β-unsaturated/α-hetero) is 1. The number of hydrogen-bond donors (Lipinski definition) is 1. The Kier molecular flexibility index (Phi) is 4.18. The first-order valence-electron chi connectivity index (χ1n) is 7.00. The van der Waals surface area contributed by atoms with E-state index in [2.05, 4.69) is 0 Å². The number of hydrogen-bond acceptors (Lipinski definition) is 2. The zero-order chi connectivity index (χ0) is 13.0. The van der Waals surface area contributed by atoms with Crippen molar-refractivity contribution in [2.45, 2.75) is 45.4 Å². The average Bonchev–Trinajstić information content (AvgIpc) is 2.65. The SMILES string of the molecule is Cc1ccccc1C(=O)C1(CN)CCCCCC1. The van der Waals surface area contributed by atoms with E-state index in [1.807, 2.05) is 31.2 Å². The van der Waals surface area contributed by atoms with Crippen LogP contribution in [0, 0.1) is 12.3 Å². The van der Waals surface area contributed by atoms with Gasteiger partial charge in [0.1, 0.15) is 0 Å². The second-order valence-electron chi connectivity index (χ2n) is 5.54. The lowest BCUT2D eigenvalue weighted by Gasteiger charge is -2.30. The highest BCUT2D eigenvalue weighted by Gasteiger charge is 2.37. The molecule has 1 aromatic carbocycles. The predicted molar refractivity (Wildman–Crippen MR) is 74.7 cm³/mol. The van der Waals surface area contributed by atoms with E-state index in [-0.39, 0.29) is 11.2 Å². The zero-order valence-electron chi connectivity index (χ0n) is 11.2. The summed E-state index contributed by atoms with van der Waals surface area (Å²) in [4.78, 5) is 12.8. The largest absolute Gasteiger partial charge is 0.329 e. The van der Waals surface area contributed by atoms with E-state index >= 15 is 0 Å². The minimum absolute atomic E-state index is 0.269. The van der Waals surface area contributed by atoms with Gasteiger partial charge in [-0.1, -0.05) is 49.9 Å². The minimum atomic E-state index is -0.303. The van der Waals surface area contributed by atoms with E-state index in [9.17, 15) is 4.79 Å². The maximum Gasteiger partial charge on any atom is 0.170 e. The van der Waals surface area contributed by atoms with Crippen molar-refractivity contribution in [1.29, 1.82) is 0 Å². The van der Waals surface area contributed by atoms with Gasteiger partial charge in [0.25, 0.3) is 0 Å². The summed E-state index contributed by atoms with van der Waals surface area (Å²) in [5.41, 5.74) is 7.61. The Labute approximate surface area is 110 Å². The first kappa shape index (κ1) is 13.3. The molecule has 0 radical (unpaired) electrons. The van der Waals surface area contributed by atoms with Crippen LogP contribution in [0.2, 0.25) is 0 Å². The third kappa shape index (κ3) is 2.49. The van der Waals surface area contributed by atoms with Crippen molar-refractivity contribution in [2.24, 2.45) is 11.1 Å². The van der Waals surface area contributed by atoms with Crippen molar-refractivity contribution in [3.8, 4) is 0 Å². The first-order valence-corrected chi connectivity index (χ1v) is 7.00. The lowest BCUT2D eigenvalue weighted by Crippen LogP contribution is -2.38.